The number of carboxylic acids is 2. The number of carbonyl (C=O) groups excluding carboxylic acids is 1. The van der Waals surface area contributed by atoms with E-state index in [1.165, 1.54) is 24.3 Å². The molecule has 2 atom stereocenters. The van der Waals surface area contributed by atoms with Crippen LogP contribution in [0.3, 0.4) is 0 Å². The van der Waals surface area contributed by atoms with E-state index in [0.29, 0.717) is 0 Å². The van der Waals surface area contributed by atoms with Crippen LogP contribution in [-0.4, -0.2) is 39.6 Å². The molecule has 0 bridgehead atoms. The molecular formula is C18H16O7. The van der Waals surface area contributed by atoms with Crippen LogP contribution in [0.5, 0.6) is 11.5 Å². The minimum atomic E-state index is -2.81. The molecule has 0 fully saturated rings. The van der Waals surface area contributed by atoms with Gasteiger partial charge in [-0.3, -0.25) is 4.79 Å². The minimum Gasteiger partial charge on any atom is -0.478 e. The maximum absolute atomic E-state index is 11.9. The number of ether oxygens (including phenoxy) is 2. The number of aldehydes is 1. The van der Waals surface area contributed by atoms with Crippen LogP contribution in [0.1, 0.15) is 6.92 Å². The Morgan fingerprint density at radius 2 is 1.28 bits per heavy atom. The Morgan fingerprint density at radius 1 is 0.840 bits per heavy atom. The van der Waals surface area contributed by atoms with Crippen LogP contribution in [-0.2, 0) is 14.4 Å². The molecule has 130 valence electrons. The molecule has 7 nitrogen and oxygen atoms in total. The number of aliphatic carboxylic acids is 2. The smallest absolute Gasteiger partial charge is 0.360 e. The van der Waals surface area contributed by atoms with E-state index in [-0.39, 0.29) is 17.8 Å². The lowest BCUT2D eigenvalue weighted by atomic mass is 9.84. The van der Waals surface area contributed by atoms with E-state index in [9.17, 15) is 24.6 Å². The zero-order chi connectivity index (χ0) is 18.5. The zero-order valence-electron chi connectivity index (χ0n) is 13.3. The summed E-state index contributed by atoms with van der Waals surface area (Å²) in [5, 5.41) is 19.3. The van der Waals surface area contributed by atoms with E-state index >= 15 is 0 Å². The van der Waals surface area contributed by atoms with Gasteiger partial charge >= 0.3 is 17.5 Å². The van der Waals surface area contributed by atoms with Crippen molar-refractivity contribution in [1.82, 2.24) is 0 Å². The monoisotopic (exact) mass is 344 g/mol. The second-order valence-electron chi connectivity index (χ2n) is 5.33. The summed E-state index contributed by atoms with van der Waals surface area (Å²) in [4.78, 5) is 35.6. The Bertz CT molecular complexity index is 760. The van der Waals surface area contributed by atoms with Crippen molar-refractivity contribution in [3.05, 3.63) is 60.7 Å². The summed E-state index contributed by atoms with van der Waals surface area (Å²) < 4.78 is 10.8. The first-order chi connectivity index (χ1) is 11.9. The Hall–Kier alpha value is -3.35. The normalized spacial score (nSPS) is 15.2. The maximum atomic E-state index is 11.9. The predicted molar refractivity (Wildman–Crippen MR) is 86.6 cm³/mol. The molecule has 0 aliphatic rings. The molecule has 25 heavy (non-hydrogen) atoms. The summed E-state index contributed by atoms with van der Waals surface area (Å²) in [5.41, 5.74) is -5.34. The predicted octanol–water partition coefficient (Wildman–Crippen LogP) is 2.01. The second kappa shape index (κ2) is 7.04. The van der Waals surface area contributed by atoms with Gasteiger partial charge in [-0.15, -0.1) is 0 Å². The van der Waals surface area contributed by atoms with Gasteiger partial charge < -0.3 is 19.7 Å². The van der Waals surface area contributed by atoms with Crippen molar-refractivity contribution in [3.63, 3.8) is 0 Å². The number of para-hydroxylation sites is 2. The van der Waals surface area contributed by atoms with Crippen LogP contribution in [0.4, 0.5) is 0 Å². The second-order valence-corrected chi connectivity index (χ2v) is 5.33. The first-order valence-electron chi connectivity index (χ1n) is 7.27. The summed E-state index contributed by atoms with van der Waals surface area (Å²) in [6.45, 7) is 0.980. The van der Waals surface area contributed by atoms with Crippen molar-refractivity contribution in [2.24, 2.45) is 0 Å². The van der Waals surface area contributed by atoms with Crippen molar-refractivity contribution < 1.29 is 34.1 Å². The third-order valence-electron chi connectivity index (χ3n) is 3.69. The Kier molecular flexibility index (Phi) is 5.07. The van der Waals surface area contributed by atoms with Gasteiger partial charge in [-0.2, -0.15) is 0 Å². The molecule has 0 saturated carbocycles. The lowest BCUT2D eigenvalue weighted by Crippen LogP contribution is -2.69. The first-order valence-corrected chi connectivity index (χ1v) is 7.27. The highest BCUT2D eigenvalue weighted by Crippen LogP contribution is 2.33. The highest BCUT2D eigenvalue weighted by Gasteiger charge is 2.65. The van der Waals surface area contributed by atoms with Crippen molar-refractivity contribution in [2.75, 3.05) is 0 Å². The molecular weight excluding hydrogens is 328 g/mol. The number of rotatable bonds is 8. The number of hydrogen-bond acceptors (Lipinski definition) is 5. The van der Waals surface area contributed by atoms with Crippen LogP contribution in [0.2, 0.25) is 0 Å². The average Bonchev–Trinajstić information content (AvgIpc) is 2.60. The van der Waals surface area contributed by atoms with E-state index in [0.717, 1.165) is 6.92 Å². The molecule has 2 aromatic carbocycles. The molecule has 0 amide bonds. The van der Waals surface area contributed by atoms with E-state index < -0.39 is 23.1 Å². The van der Waals surface area contributed by atoms with E-state index in [2.05, 4.69) is 0 Å². The van der Waals surface area contributed by atoms with Gasteiger partial charge in [-0.05, 0) is 31.2 Å². The van der Waals surface area contributed by atoms with E-state index in [1.807, 2.05) is 0 Å². The summed E-state index contributed by atoms with van der Waals surface area (Å²) in [7, 11) is 0. The van der Waals surface area contributed by atoms with Crippen molar-refractivity contribution in [1.29, 1.82) is 0 Å². The topological polar surface area (TPSA) is 110 Å². The summed E-state index contributed by atoms with van der Waals surface area (Å²) in [5.74, 6) is -3.35. The van der Waals surface area contributed by atoms with Crippen LogP contribution in [0, 0.1) is 0 Å². The lowest BCUT2D eigenvalue weighted by Gasteiger charge is -2.38. The minimum absolute atomic E-state index is 0.0149. The Balaban J connectivity index is 2.56. The summed E-state index contributed by atoms with van der Waals surface area (Å²) in [6, 6.07) is 15.3. The molecule has 0 aliphatic heterocycles. The van der Waals surface area contributed by atoms with Crippen LogP contribution < -0.4 is 9.47 Å². The molecule has 0 spiro atoms. The van der Waals surface area contributed by atoms with Crippen molar-refractivity contribution in [2.45, 2.75) is 18.1 Å². The molecule has 2 unspecified atom stereocenters. The van der Waals surface area contributed by atoms with E-state index in [4.69, 9.17) is 9.47 Å². The van der Waals surface area contributed by atoms with Gasteiger partial charge in [0.05, 0.1) is 0 Å². The molecule has 7 heteroatoms. The van der Waals surface area contributed by atoms with Gasteiger partial charge in [0, 0.05) is 0 Å². The quantitative estimate of drug-likeness (QED) is 0.557. The molecule has 2 N–H and O–H groups in total. The van der Waals surface area contributed by atoms with E-state index in [1.54, 1.807) is 36.4 Å². The summed E-state index contributed by atoms with van der Waals surface area (Å²) >= 11 is 0. The molecule has 0 heterocycles. The van der Waals surface area contributed by atoms with Crippen LogP contribution in [0.25, 0.3) is 0 Å². The molecule has 2 aromatic rings. The van der Waals surface area contributed by atoms with Gasteiger partial charge in [0.25, 0.3) is 5.60 Å². The summed E-state index contributed by atoms with van der Waals surface area (Å²) in [6.07, 6.45) is -0.0700. The van der Waals surface area contributed by atoms with Gasteiger partial charge in [0.1, 0.15) is 11.5 Å². The number of benzene rings is 2. The molecule has 2 rings (SSSR count). The fourth-order valence-corrected chi connectivity index (χ4v) is 2.21. The van der Waals surface area contributed by atoms with Crippen molar-refractivity contribution >= 4 is 18.2 Å². The zero-order valence-corrected chi connectivity index (χ0v) is 13.3. The fraction of sp³-hybridized carbons (Fsp3) is 0.167. The standard InChI is InChI=1S/C18H16O7/c1-17(15(20)21,24-13-8-4-2-5-9-13)18(12-19,16(22)23)25-14-10-6-3-7-11-14/h2-12H,1H3,(H,20,21)(H,22,23). The number of carboxylic acid groups (broad SMARTS) is 2. The largest absolute Gasteiger partial charge is 0.478 e. The average molecular weight is 344 g/mol. The SMILES string of the molecule is CC(Oc1ccccc1)(C(=O)O)C(C=O)(Oc1ccccc1)C(=O)O. The Morgan fingerprint density at radius 3 is 1.64 bits per heavy atom. The van der Waals surface area contributed by atoms with Gasteiger partial charge in [0.2, 0.25) is 0 Å². The molecule has 0 saturated heterocycles. The third-order valence-corrected chi connectivity index (χ3v) is 3.69. The molecule has 0 aromatic heterocycles. The van der Waals surface area contributed by atoms with Gasteiger partial charge in [0.15, 0.2) is 6.29 Å². The fourth-order valence-electron chi connectivity index (χ4n) is 2.21. The molecule has 0 aliphatic carbocycles. The number of hydrogen-bond donors (Lipinski definition) is 2. The molecule has 0 radical (unpaired) electrons. The van der Waals surface area contributed by atoms with Gasteiger partial charge in [-0.25, -0.2) is 9.59 Å². The maximum Gasteiger partial charge on any atom is 0.360 e. The third kappa shape index (κ3) is 3.30. The number of carbonyl (C=O) groups is 3. The highest BCUT2D eigenvalue weighted by atomic mass is 16.6. The van der Waals surface area contributed by atoms with Crippen LogP contribution in [0.15, 0.2) is 60.7 Å². The highest BCUT2D eigenvalue weighted by molar-refractivity contribution is 6.04. The Labute approximate surface area is 143 Å². The van der Waals surface area contributed by atoms with Crippen LogP contribution >= 0.6 is 0 Å². The first kappa shape index (κ1) is 18.0. The lowest BCUT2D eigenvalue weighted by molar-refractivity contribution is -0.190. The van der Waals surface area contributed by atoms with Crippen molar-refractivity contribution in [3.8, 4) is 11.5 Å². The van der Waals surface area contributed by atoms with Gasteiger partial charge in [-0.1, -0.05) is 36.4 Å².